The summed E-state index contributed by atoms with van der Waals surface area (Å²) >= 11 is 5.80. The van der Waals surface area contributed by atoms with Crippen LogP contribution in [0.15, 0.2) is 12.4 Å². The molecule has 0 aliphatic carbocycles. The lowest BCUT2D eigenvalue weighted by Gasteiger charge is -2.11. The van der Waals surface area contributed by atoms with Crippen LogP contribution in [0.4, 0.5) is 5.82 Å². The van der Waals surface area contributed by atoms with Gasteiger partial charge in [-0.15, -0.1) is 0 Å². The lowest BCUT2D eigenvalue weighted by atomic mass is 10.2. The van der Waals surface area contributed by atoms with Crippen LogP contribution in [0.2, 0.25) is 5.15 Å². The number of anilines is 1. The van der Waals surface area contributed by atoms with Gasteiger partial charge in [-0.2, -0.15) is 0 Å². The number of aromatic nitrogens is 2. The number of nitrogens with zero attached hydrogens (tertiary/aromatic N) is 2. The Morgan fingerprint density at radius 1 is 1.44 bits per heavy atom. The Balaban J connectivity index is 2.01. The van der Waals surface area contributed by atoms with Crippen LogP contribution in [0.25, 0.3) is 0 Å². The van der Waals surface area contributed by atoms with Gasteiger partial charge in [0.2, 0.25) is 0 Å². The van der Waals surface area contributed by atoms with Crippen LogP contribution in [0.5, 0.6) is 0 Å². The molecule has 88 valence electrons. The van der Waals surface area contributed by atoms with Crippen molar-refractivity contribution in [3.63, 3.8) is 0 Å². The van der Waals surface area contributed by atoms with Gasteiger partial charge in [-0.25, -0.2) is 18.4 Å². The van der Waals surface area contributed by atoms with Crippen LogP contribution < -0.4 is 5.32 Å². The Morgan fingerprint density at radius 2 is 2.19 bits per heavy atom. The molecule has 1 aromatic heterocycles. The molecule has 2 heterocycles. The fourth-order valence-electron chi connectivity index (χ4n) is 1.74. The number of hydrogen-bond acceptors (Lipinski definition) is 5. The average molecular weight is 262 g/mol. The molecular weight excluding hydrogens is 250 g/mol. The molecule has 1 unspecified atom stereocenters. The molecule has 5 nitrogen and oxygen atoms in total. The number of halogens is 1. The zero-order valence-electron chi connectivity index (χ0n) is 8.56. The van der Waals surface area contributed by atoms with Gasteiger partial charge in [0, 0.05) is 18.9 Å². The first-order chi connectivity index (χ1) is 7.59. The van der Waals surface area contributed by atoms with E-state index >= 15 is 0 Å². The molecular formula is C9H12ClN3O2S. The maximum absolute atomic E-state index is 11.6. The van der Waals surface area contributed by atoms with Gasteiger partial charge < -0.3 is 5.32 Å². The monoisotopic (exact) mass is 261 g/mol. The summed E-state index contributed by atoms with van der Waals surface area (Å²) < 4.78 is 23.1. The third-order valence-electron chi connectivity index (χ3n) is 2.61. The van der Waals surface area contributed by atoms with E-state index < -0.39 is 9.84 Å². The third kappa shape index (κ3) is 2.44. The summed E-state index contributed by atoms with van der Waals surface area (Å²) in [6, 6.07) is 0. The van der Waals surface area contributed by atoms with Crippen molar-refractivity contribution < 1.29 is 8.42 Å². The molecule has 1 aliphatic heterocycles. The lowest BCUT2D eigenvalue weighted by molar-refractivity contribution is 0.591. The Hall–Kier alpha value is -0.880. The quantitative estimate of drug-likeness (QED) is 0.883. The SMILES string of the molecule is O=S1(=O)CCCC1CNc1nccnc1Cl. The molecule has 7 heteroatoms. The van der Waals surface area contributed by atoms with Crippen LogP contribution in [0.3, 0.4) is 0 Å². The molecule has 1 atom stereocenters. The molecule has 0 spiro atoms. The molecule has 2 rings (SSSR count). The molecule has 0 aromatic carbocycles. The summed E-state index contributed by atoms with van der Waals surface area (Å²) in [5, 5.41) is 2.86. The molecule has 1 aliphatic rings. The minimum absolute atomic E-state index is 0.262. The number of rotatable bonds is 3. The van der Waals surface area contributed by atoms with Crippen molar-refractivity contribution in [3.05, 3.63) is 17.5 Å². The van der Waals surface area contributed by atoms with Crippen molar-refractivity contribution in [2.75, 3.05) is 17.6 Å². The molecule has 1 fully saturated rings. The summed E-state index contributed by atoms with van der Waals surface area (Å²) in [6.45, 7) is 0.348. The van der Waals surface area contributed by atoms with Crippen LogP contribution in [0.1, 0.15) is 12.8 Å². The van der Waals surface area contributed by atoms with Gasteiger partial charge in [0.05, 0.1) is 11.0 Å². The smallest absolute Gasteiger partial charge is 0.171 e. The standard InChI is InChI=1S/C9H12ClN3O2S/c10-8-9(12-4-3-11-8)13-6-7-2-1-5-16(7,14)15/h3-4,7H,1-2,5-6H2,(H,12,13). The van der Waals surface area contributed by atoms with E-state index in [1.165, 1.54) is 12.4 Å². The second-order valence-corrected chi connectivity index (χ2v) is 6.47. The van der Waals surface area contributed by atoms with Gasteiger partial charge in [-0.3, -0.25) is 0 Å². The summed E-state index contributed by atoms with van der Waals surface area (Å²) in [5.74, 6) is 0.722. The zero-order valence-corrected chi connectivity index (χ0v) is 10.1. The van der Waals surface area contributed by atoms with Gasteiger partial charge in [0.25, 0.3) is 0 Å². The molecule has 0 bridgehead atoms. The average Bonchev–Trinajstić information content (AvgIpc) is 2.57. The largest absolute Gasteiger partial charge is 0.366 e. The molecule has 1 saturated heterocycles. The predicted molar refractivity (Wildman–Crippen MR) is 62.3 cm³/mol. The highest BCUT2D eigenvalue weighted by Crippen LogP contribution is 2.21. The number of sulfone groups is 1. The van der Waals surface area contributed by atoms with Crippen molar-refractivity contribution in [3.8, 4) is 0 Å². The number of hydrogen-bond donors (Lipinski definition) is 1. The molecule has 1 aromatic rings. The highest BCUT2D eigenvalue weighted by atomic mass is 35.5. The summed E-state index contributed by atoms with van der Waals surface area (Å²) in [4.78, 5) is 7.84. The van der Waals surface area contributed by atoms with E-state index in [0.29, 0.717) is 18.8 Å². The van der Waals surface area contributed by atoms with E-state index in [1.807, 2.05) is 0 Å². The third-order valence-corrected chi connectivity index (χ3v) is 5.17. The van der Waals surface area contributed by atoms with Crippen LogP contribution >= 0.6 is 11.6 Å². The predicted octanol–water partition coefficient (Wildman–Crippen LogP) is 1.12. The van der Waals surface area contributed by atoms with E-state index in [0.717, 1.165) is 6.42 Å². The molecule has 0 amide bonds. The first kappa shape index (κ1) is 11.6. The minimum Gasteiger partial charge on any atom is -0.366 e. The normalized spacial score (nSPS) is 23.2. The Bertz CT molecular complexity index is 477. The van der Waals surface area contributed by atoms with E-state index in [1.54, 1.807) is 0 Å². The second-order valence-electron chi connectivity index (χ2n) is 3.71. The maximum Gasteiger partial charge on any atom is 0.171 e. The Labute approximate surface area is 99.2 Å². The molecule has 0 saturated carbocycles. The molecule has 1 N–H and O–H groups in total. The van der Waals surface area contributed by atoms with Gasteiger partial charge in [0.15, 0.2) is 20.8 Å². The van der Waals surface area contributed by atoms with E-state index in [-0.39, 0.29) is 16.2 Å². The van der Waals surface area contributed by atoms with Crippen molar-refractivity contribution >= 4 is 27.3 Å². The van der Waals surface area contributed by atoms with Gasteiger partial charge >= 0.3 is 0 Å². The van der Waals surface area contributed by atoms with Crippen molar-refractivity contribution in [1.29, 1.82) is 0 Å². The van der Waals surface area contributed by atoms with Crippen LogP contribution in [-0.2, 0) is 9.84 Å². The zero-order chi connectivity index (χ0) is 11.6. The lowest BCUT2D eigenvalue weighted by Crippen LogP contribution is -2.25. The molecule has 0 radical (unpaired) electrons. The van der Waals surface area contributed by atoms with Crippen molar-refractivity contribution in [2.45, 2.75) is 18.1 Å². The Morgan fingerprint density at radius 3 is 2.81 bits per heavy atom. The highest BCUT2D eigenvalue weighted by Gasteiger charge is 2.31. The van der Waals surface area contributed by atoms with E-state index in [9.17, 15) is 8.42 Å². The summed E-state index contributed by atoms with van der Waals surface area (Å²) in [7, 11) is -2.92. The summed E-state index contributed by atoms with van der Waals surface area (Å²) in [5.41, 5.74) is 0. The minimum atomic E-state index is -2.92. The first-order valence-corrected chi connectivity index (χ1v) is 7.11. The second kappa shape index (κ2) is 4.55. The van der Waals surface area contributed by atoms with Crippen LogP contribution in [-0.4, -0.2) is 35.9 Å². The van der Waals surface area contributed by atoms with Gasteiger partial charge in [-0.1, -0.05) is 11.6 Å². The summed E-state index contributed by atoms with van der Waals surface area (Å²) in [6.07, 6.45) is 4.44. The van der Waals surface area contributed by atoms with Crippen LogP contribution in [0, 0.1) is 0 Å². The fraction of sp³-hybridized carbons (Fsp3) is 0.556. The Kier molecular flexibility index (Phi) is 3.30. The molecule has 16 heavy (non-hydrogen) atoms. The highest BCUT2D eigenvalue weighted by molar-refractivity contribution is 7.92. The van der Waals surface area contributed by atoms with E-state index in [4.69, 9.17) is 11.6 Å². The fourth-order valence-corrected chi connectivity index (χ4v) is 3.67. The van der Waals surface area contributed by atoms with Gasteiger partial charge in [0.1, 0.15) is 0 Å². The van der Waals surface area contributed by atoms with Crippen molar-refractivity contribution in [2.24, 2.45) is 0 Å². The van der Waals surface area contributed by atoms with Crippen molar-refractivity contribution in [1.82, 2.24) is 9.97 Å². The van der Waals surface area contributed by atoms with Gasteiger partial charge in [-0.05, 0) is 12.8 Å². The topological polar surface area (TPSA) is 72.0 Å². The first-order valence-electron chi connectivity index (χ1n) is 5.01. The number of nitrogens with one attached hydrogen (secondary N) is 1. The maximum atomic E-state index is 11.6. The van der Waals surface area contributed by atoms with E-state index in [2.05, 4.69) is 15.3 Å².